The molecule has 1 heterocycles. The lowest BCUT2D eigenvalue weighted by Gasteiger charge is -2.03. The zero-order valence-corrected chi connectivity index (χ0v) is 8.32. The van der Waals surface area contributed by atoms with Crippen molar-refractivity contribution >= 4 is 5.97 Å². The topological polar surface area (TPSA) is 48.4 Å². The molecular formula is C10H13NO3. The number of aromatic nitrogens is 1. The molecule has 14 heavy (non-hydrogen) atoms. The average molecular weight is 195 g/mol. The van der Waals surface area contributed by atoms with Gasteiger partial charge in [-0.15, -0.1) is 0 Å². The van der Waals surface area contributed by atoms with Gasteiger partial charge in [0.05, 0.1) is 19.3 Å². The molecule has 0 amide bonds. The number of rotatable bonds is 4. The number of nitrogens with zero attached hydrogens (tertiary/aromatic N) is 1. The van der Waals surface area contributed by atoms with E-state index in [1.54, 1.807) is 12.3 Å². The number of carbonyl (C=O) groups excluding carboxylic acids is 1. The Labute approximate surface area is 82.9 Å². The Balaban J connectivity index is 2.73. The first kappa shape index (κ1) is 10.7. The molecule has 0 spiro atoms. The van der Waals surface area contributed by atoms with Crippen LogP contribution in [0.1, 0.15) is 22.8 Å². The molecule has 0 N–H and O–H groups in total. The number of esters is 1. The quantitative estimate of drug-likeness (QED) is 0.681. The number of pyridine rings is 1. The second-order valence-electron chi connectivity index (χ2n) is 2.71. The van der Waals surface area contributed by atoms with Gasteiger partial charge in [-0.05, 0) is 18.6 Å². The summed E-state index contributed by atoms with van der Waals surface area (Å²) >= 11 is 0. The highest BCUT2D eigenvalue weighted by Gasteiger charge is 2.05. The Morgan fingerprint density at radius 3 is 2.93 bits per heavy atom. The molecule has 1 rings (SSSR count). The average Bonchev–Trinajstić information content (AvgIpc) is 2.25. The highest BCUT2D eigenvalue weighted by Crippen LogP contribution is 2.05. The van der Waals surface area contributed by atoms with E-state index in [4.69, 9.17) is 4.74 Å². The number of hydrogen-bond donors (Lipinski definition) is 0. The Bertz CT molecular complexity index is 312. The third-order valence-corrected chi connectivity index (χ3v) is 1.69. The van der Waals surface area contributed by atoms with Crippen molar-refractivity contribution in [1.29, 1.82) is 0 Å². The molecule has 0 fully saturated rings. The summed E-state index contributed by atoms with van der Waals surface area (Å²) in [5.41, 5.74) is 1.32. The van der Waals surface area contributed by atoms with Crippen molar-refractivity contribution in [2.24, 2.45) is 0 Å². The van der Waals surface area contributed by atoms with Crippen LogP contribution in [0, 0.1) is 0 Å². The third-order valence-electron chi connectivity index (χ3n) is 1.69. The lowest BCUT2D eigenvalue weighted by molar-refractivity contribution is 0.0599. The van der Waals surface area contributed by atoms with E-state index in [0.29, 0.717) is 18.8 Å². The third kappa shape index (κ3) is 2.81. The van der Waals surface area contributed by atoms with Gasteiger partial charge in [0.15, 0.2) is 0 Å². The molecular weight excluding hydrogens is 182 g/mol. The minimum Gasteiger partial charge on any atom is -0.465 e. The van der Waals surface area contributed by atoms with Crippen LogP contribution in [0.3, 0.4) is 0 Å². The number of methoxy groups -OCH3 is 1. The summed E-state index contributed by atoms with van der Waals surface area (Å²) < 4.78 is 9.77. The Morgan fingerprint density at radius 1 is 1.50 bits per heavy atom. The van der Waals surface area contributed by atoms with Crippen LogP contribution in [0.4, 0.5) is 0 Å². The zero-order valence-electron chi connectivity index (χ0n) is 8.32. The normalized spacial score (nSPS) is 9.86. The van der Waals surface area contributed by atoms with E-state index < -0.39 is 0 Å². The monoisotopic (exact) mass is 195 g/mol. The highest BCUT2D eigenvalue weighted by atomic mass is 16.5. The Hall–Kier alpha value is -1.42. The standard InChI is InChI=1S/C10H13NO3/c1-3-14-7-8-4-9(6-11-5-8)10(12)13-2/h4-6H,3,7H2,1-2H3. The molecule has 0 aromatic carbocycles. The van der Waals surface area contributed by atoms with Crippen molar-refractivity contribution in [2.75, 3.05) is 13.7 Å². The molecule has 0 aliphatic carbocycles. The molecule has 1 aromatic rings. The molecule has 4 heteroatoms. The molecule has 4 nitrogen and oxygen atoms in total. The number of ether oxygens (including phenoxy) is 2. The van der Waals surface area contributed by atoms with E-state index in [9.17, 15) is 4.79 Å². The van der Waals surface area contributed by atoms with E-state index in [1.807, 2.05) is 6.92 Å². The van der Waals surface area contributed by atoms with Gasteiger partial charge in [0.1, 0.15) is 0 Å². The van der Waals surface area contributed by atoms with Crippen molar-refractivity contribution in [2.45, 2.75) is 13.5 Å². The lowest BCUT2D eigenvalue weighted by Crippen LogP contribution is -2.03. The highest BCUT2D eigenvalue weighted by molar-refractivity contribution is 5.89. The second kappa shape index (κ2) is 5.34. The predicted molar refractivity (Wildman–Crippen MR) is 50.9 cm³/mol. The van der Waals surface area contributed by atoms with E-state index >= 15 is 0 Å². The van der Waals surface area contributed by atoms with Crippen molar-refractivity contribution in [3.63, 3.8) is 0 Å². The Morgan fingerprint density at radius 2 is 2.29 bits per heavy atom. The van der Waals surface area contributed by atoms with E-state index in [0.717, 1.165) is 5.56 Å². The fourth-order valence-electron chi connectivity index (χ4n) is 1.02. The van der Waals surface area contributed by atoms with Crippen LogP contribution in [0.5, 0.6) is 0 Å². The molecule has 1 aromatic heterocycles. The SMILES string of the molecule is CCOCc1cncc(C(=O)OC)c1. The summed E-state index contributed by atoms with van der Waals surface area (Å²) in [6.45, 7) is 3.02. The number of hydrogen-bond acceptors (Lipinski definition) is 4. The maximum absolute atomic E-state index is 11.1. The molecule has 0 aliphatic rings. The van der Waals surface area contributed by atoms with Gasteiger partial charge in [-0.3, -0.25) is 4.98 Å². The molecule has 0 saturated heterocycles. The van der Waals surface area contributed by atoms with Crippen molar-refractivity contribution in [3.8, 4) is 0 Å². The van der Waals surface area contributed by atoms with Crippen LogP contribution in [-0.2, 0) is 16.1 Å². The van der Waals surface area contributed by atoms with Crippen LogP contribution in [0.15, 0.2) is 18.5 Å². The number of carbonyl (C=O) groups is 1. The van der Waals surface area contributed by atoms with Gasteiger partial charge in [-0.2, -0.15) is 0 Å². The van der Waals surface area contributed by atoms with Crippen molar-refractivity contribution < 1.29 is 14.3 Å². The predicted octanol–water partition coefficient (Wildman–Crippen LogP) is 1.40. The largest absolute Gasteiger partial charge is 0.465 e. The molecule has 0 saturated carbocycles. The van der Waals surface area contributed by atoms with Crippen LogP contribution < -0.4 is 0 Å². The summed E-state index contributed by atoms with van der Waals surface area (Å²) in [6, 6.07) is 1.72. The van der Waals surface area contributed by atoms with Crippen molar-refractivity contribution in [3.05, 3.63) is 29.6 Å². The smallest absolute Gasteiger partial charge is 0.339 e. The van der Waals surface area contributed by atoms with Gasteiger partial charge >= 0.3 is 5.97 Å². The van der Waals surface area contributed by atoms with Gasteiger partial charge < -0.3 is 9.47 Å². The van der Waals surface area contributed by atoms with Crippen LogP contribution >= 0.6 is 0 Å². The molecule has 0 unspecified atom stereocenters. The summed E-state index contributed by atoms with van der Waals surface area (Å²) in [4.78, 5) is 15.1. The van der Waals surface area contributed by atoms with Gasteiger partial charge in [0.25, 0.3) is 0 Å². The van der Waals surface area contributed by atoms with Crippen molar-refractivity contribution in [1.82, 2.24) is 4.98 Å². The first-order valence-electron chi connectivity index (χ1n) is 4.38. The second-order valence-corrected chi connectivity index (χ2v) is 2.71. The first-order valence-corrected chi connectivity index (χ1v) is 4.38. The molecule has 0 aliphatic heterocycles. The fraction of sp³-hybridized carbons (Fsp3) is 0.400. The van der Waals surface area contributed by atoms with Gasteiger partial charge in [-0.1, -0.05) is 0 Å². The van der Waals surface area contributed by atoms with E-state index in [-0.39, 0.29) is 5.97 Å². The van der Waals surface area contributed by atoms with Crippen LogP contribution in [0.2, 0.25) is 0 Å². The van der Waals surface area contributed by atoms with Gasteiger partial charge in [-0.25, -0.2) is 4.79 Å². The molecule has 0 radical (unpaired) electrons. The molecule has 76 valence electrons. The summed E-state index contributed by atoms with van der Waals surface area (Å²) in [6.07, 6.45) is 3.14. The maximum Gasteiger partial charge on any atom is 0.339 e. The van der Waals surface area contributed by atoms with Crippen LogP contribution in [-0.4, -0.2) is 24.7 Å². The Kier molecular flexibility index (Phi) is 4.07. The minimum atomic E-state index is -0.379. The fourth-order valence-corrected chi connectivity index (χ4v) is 1.02. The zero-order chi connectivity index (χ0) is 10.4. The maximum atomic E-state index is 11.1. The molecule has 0 bridgehead atoms. The van der Waals surface area contributed by atoms with Gasteiger partial charge in [0, 0.05) is 19.0 Å². The summed E-state index contributed by atoms with van der Waals surface area (Å²) in [5, 5.41) is 0. The summed E-state index contributed by atoms with van der Waals surface area (Å²) in [7, 11) is 1.34. The first-order chi connectivity index (χ1) is 6.77. The van der Waals surface area contributed by atoms with Gasteiger partial charge in [0.2, 0.25) is 0 Å². The van der Waals surface area contributed by atoms with Crippen LogP contribution in [0.25, 0.3) is 0 Å². The lowest BCUT2D eigenvalue weighted by atomic mass is 10.2. The minimum absolute atomic E-state index is 0.379. The van der Waals surface area contributed by atoms with E-state index in [1.165, 1.54) is 13.3 Å². The van der Waals surface area contributed by atoms with E-state index in [2.05, 4.69) is 9.72 Å². The molecule has 0 atom stereocenters. The summed E-state index contributed by atoms with van der Waals surface area (Å²) in [5.74, 6) is -0.379.